The number of nitrogens with one attached hydrogen (secondary N) is 4. The lowest BCUT2D eigenvalue weighted by atomic mass is 9.93. The Morgan fingerprint density at radius 3 is 1.10 bits per heavy atom. The lowest BCUT2D eigenvalue weighted by molar-refractivity contribution is -0.138. The van der Waals surface area contributed by atoms with Gasteiger partial charge >= 0.3 is 5.97 Å². The molecule has 750 valence electrons. The fourth-order valence-electron chi connectivity index (χ4n) is 18.6. The van der Waals surface area contributed by atoms with Crippen LogP contribution in [0.3, 0.4) is 0 Å². The summed E-state index contributed by atoms with van der Waals surface area (Å²) in [5.74, 6) is -2.61. The number of hydrogen-bond acceptors (Lipinski definition) is 15. The molecule has 8 atom stereocenters. The zero-order chi connectivity index (χ0) is 104. The number of carbonyl (C=O) groups excluding carboxylic acids is 8. The third-order valence-corrected chi connectivity index (χ3v) is 25.8. The van der Waals surface area contributed by atoms with Crippen LogP contribution < -0.4 is 37.9 Å². The van der Waals surface area contributed by atoms with Gasteiger partial charge in [0.25, 0.3) is 22.6 Å². The lowest BCUT2D eigenvalue weighted by Gasteiger charge is -2.36. The zero-order valence-corrected chi connectivity index (χ0v) is 86.3. The highest BCUT2D eigenvalue weighted by Gasteiger charge is 2.38. The highest BCUT2D eigenvalue weighted by Crippen LogP contribution is 2.37. The average molecular weight is 1940 g/mol. The summed E-state index contributed by atoms with van der Waals surface area (Å²) in [6.45, 7) is 40.6. The van der Waals surface area contributed by atoms with Gasteiger partial charge in [0.15, 0.2) is 0 Å². The van der Waals surface area contributed by atoms with Gasteiger partial charge in [-0.25, -0.2) is 4.39 Å². The molecule has 0 bridgehead atoms. The molecule has 24 nitrogen and oxygen atoms in total. The van der Waals surface area contributed by atoms with Gasteiger partial charge in [0.2, 0.25) is 23.6 Å². The molecule has 0 saturated carbocycles. The molecule has 6 aromatic carbocycles. The van der Waals surface area contributed by atoms with E-state index in [0.717, 1.165) is 134 Å². The van der Waals surface area contributed by atoms with Crippen LogP contribution in [0.15, 0.2) is 246 Å². The number of carboxylic acids is 1. The summed E-state index contributed by atoms with van der Waals surface area (Å²) in [5, 5.41) is 21.6. The maximum atomic E-state index is 14.3. The van der Waals surface area contributed by atoms with Gasteiger partial charge in [-0.05, 0) is 293 Å². The number of hydrogen-bond donors (Lipinski definition) is 5. The first-order valence-corrected chi connectivity index (χ1v) is 49.1. The van der Waals surface area contributed by atoms with Crippen molar-refractivity contribution in [3.05, 3.63) is 358 Å². The van der Waals surface area contributed by atoms with Gasteiger partial charge in [-0.15, -0.1) is 0 Å². The highest BCUT2D eigenvalue weighted by molar-refractivity contribution is 6.00. The fourth-order valence-corrected chi connectivity index (χ4v) is 18.6. The first kappa shape index (κ1) is 110. The molecule has 6 aromatic heterocycles. The minimum Gasteiger partial charge on any atom is -0.481 e. The first-order valence-electron chi connectivity index (χ1n) is 49.1. The van der Waals surface area contributed by atoms with E-state index in [1.807, 2.05) is 205 Å². The lowest BCUT2D eigenvalue weighted by Crippen LogP contribution is -2.53. The van der Waals surface area contributed by atoms with E-state index in [-0.39, 0.29) is 113 Å². The number of ketones is 3. The van der Waals surface area contributed by atoms with E-state index in [1.54, 1.807) is 54.1 Å². The molecule has 0 fully saturated rings. The number of pyridine rings is 6. The number of Topliss-reactive ketones (excluding diaryl/α,β-unsaturated/α-hetero) is 3. The Morgan fingerprint density at radius 1 is 0.343 bits per heavy atom. The largest absolute Gasteiger partial charge is 0.481 e. The smallest absolute Gasteiger partial charge is 0.305 e. The average Bonchev–Trinajstić information content (AvgIpc) is 0.792. The van der Waals surface area contributed by atoms with Crippen molar-refractivity contribution in [1.82, 2.24) is 54.8 Å². The molecule has 1 aliphatic rings. The maximum Gasteiger partial charge on any atom is 0.305 e. The van der Waals surface area contributed by atoms with Crippen LogP contribution in [0.4, 0.5) is 4.39 Å². The summed E-state index contributed by atoms with van der Waals surface area (Å²) in [6, 6.07) is 49.9. The summed E-state index contributed by atoms with van der Waals surface area (Å²) in [7, 11) is 0. The van der Waals surface area contributed by atoms with Crippen molar-refractivity contribution < 1.29 is 52.6 Å². The van der Waals surface area contributed by atoms with Gasteiger partial charge in [-0.2, -0.15) is 0 Å². The number of carbonyl (C=O) groups is 9. The number of aromatic nitrogens is 6. The van der Waals surface area contributed by atoms with Gasteiger partial charge in [-0.1, -0.05) is 177 Å². The van der Waals surface area contributed by atoms with Crippen LogP contribution in [0.25, 0.3) is 44.5 Å². The predicted octanol–water partition coefficient (Wildman–Crippen LogP) is 21.3. The summed E-state index contributed by atoms with van der Waals surface area (Å²) >= 11 is 0. The number of aryl methyl sites for hydroxylation is 10. The van der Waals surface area contributed by atoms with Gasteiger partial charge in [-0.3, -0.25) is 72.5 Å². The van der Waals surface area contributed by atoms with Crippen molar-refractivity contribution in [3.8, 4) is 44.5 Å². The van der Waals surface area contributed by atoms with Gasteiger partial charge < -0.3 is 45.0 Å². The van der Waals surface area contributed by atoms with E-state index in [0.29, 0.717) is 43.4 Å². The second kappa shape index (κ2) is 51.2. The Morgan fingerprint density at radius 2 is 0.692 bits per heavy atom. The van der Waals surface area contributed by atoms with Gasteiger partial charge in [0.1, 0.15) is 47.3 Å². The van der Waals surface area contributed by atoms with Crippen LogP contribution in [0.1, 0.15) is 264 Å². The number of aliphatic carboxylic acids is 1. The molecule has 13 rings (SSSR count). The normalized spacial score (nSPS) is 13.4. The number of rotatable bonds is 36. The number of fused-ring (bicyclic) bond motifs is 1. The minimum absolute atomic E-state index is 0.0149. The van der Waals surface area contributed by atoms with Crippen molar-refractivity contribution >= 4 is 52.9 Å². The van der Waals surface area contributed by atoms with E-state index >= 15 is 0 Å². The van der Waals surface area contributed by atoms with E-state index in [1.165, 1.54) is 49.1 Å². The summed E-state index contributed by atoms with van der Waals surface area (Å²) < 4.78 is 18.4. The van der Waals surface area contributed by atoms with E-state index in [9.17, 15) is 67.0 Å². The molecule has 5 N–H and O–H groups in total. The summed E-state index contributed by atoms with van der Waals surface area (Å²) in [6.07, 6.45) is 17.3. The Hall–Kier alpha value is -14.6. The third kappa shape index (κ3) is 30.2. The molecule has 0 aliphatic carbocycles. The number of amides is 5. The van der Waals surface area contributed by atoms with Crippen molar-refractivity contribution in [1.29, 1.82) is 0 Å². The molecule has 0 saturated heterocycles. The molecule has 143 heavy (non-hydrogen) atoms. The van der Waals surface area contributed by atoms with Crippen molar-refractivity contribution in [3.63, 3.8) is 0 Å². The number of halogens is 1. The molecular formula is C118H138FN11O13. The number of carboxylic acid groups (broad SMARTS) is 1. The SMILES string of the molecule is CC(=O)C[C@H](NC(=O)[C@H](CC(C)C)N1CCc2ccccc2C1=O)c1cncc(-c2c(C)cccc2C)c1.CC(=O)C[C@H](NC(=O)[C@H](CC(C)C)n1cc(C)c(C)cc1=O)c1cncc(-c2c(C)cccc2C)c1.CC(=O)C[C@H](NC(=O)[C@H](CC(C)C)n1ccccc1=O)c1cccc(-c2ccccc2C)c1.Cc1cc(=O)n([C@@H](CC(C)C)C(=O)N[C@@H](CC(=O)O)c2cncc(-c3c(C)cccc3C)c2)cc1F. The molecule has 0 radical (unpaired) electrons. The van der Waals surface area contributed by atoms with E-state index in [2.05, 4.69) is 107 Å². The molecule has 5 amide bonds. The number of benzene rings is 6. The number of nitrogens with zero attached hydrogens (tertiary/aromatic N) is 7. The van der Waals surface area contributed by atoms with Gasteiger partial charge in [0.05, 0.1) is 30.6 Å². The van der Waals surface area contributed by atoms with E-state index < -0.39 is 71.6 Å². The highest BCUT2D eigenvalue weighted by atomic mass is 19.1. The standard InChI is InChI=1S/C32H37N3O3.C30H37N3O3.C28H32FN3O4.C28H32N2O3/c1-20(2)15-29(35-14-13-24-11-6-7-12-27(24)32(35)38)31(37)34-28(16-23(5)36)25-17-26(19-33-18-25)30-21(3)9-8-10-22(30)4;1-18(2)11-27(33-17-22(6)21(5)12-28(33)35)30(36)32-26(13-23(7)34)24-14-25(16-31-15-24)29-19(3)9-8-10-20(29)4;1-16(2)9-24(32-15-22(29)19(5)10-25(32)33)28(36)31-23(12-26(34)35)20-11-21(14-30-13-20)27-17(3)7-6-8-18(27)4;1-19(2)16-26(30-15-8-7-14-27(30)32)28(33)29-25(17-21(4)31)23-12-9-11-22(18-23)24-13-6-5-10-20(24)3/h6-12,17-20,28-29H,13-16H2,1-5H3,(H,34,37);8-10,12,14-18,26-27H,11,13H2,1-7H3,(H,32,36);6-8,10-11,13-16,23-24H,9,12H2,1-5H3,(H,31,36)(H,34,35);5-15,18-19,25-26H,16-17H2,1-4H3,(H,29,33)/t28-,29-;26-,27-;23-,24-;25-,26-/m0000/s1. The predicted molar refractivity (Wildman–Crippen MR) is 562 cm³/mol. The quantitative estimate of drug-likeness (QED) is 0.0244. The van der Waals surface area contributed by atoms with Crippen LogP contribution in [0.5, 0.6) is 0 Å². The Kier molecular flexibility index (Phi) is 39.5. The van der Waals surface area contributed by atoms with Crippen LogP contribution in [-0.4, -0.2) is 104 Å². The molecule has 12 aromatic rings. The zero-order valence-electron chi connectivity index (χ0n) is 86.3. The first-order chi connectivity index (χ1) is 67.9. The van der Waals surface area contributed by atoms with Crippen molar-refractivity contribution in [2.24, 2.45) is 23.7 Å². The Balaban J connectivity index is 0.000000196. The summed E-state index contributed by atoms with van der Waals surface area (Å²) in [4.78, 5) is 169. The van der Waals surface area contributed by atoms with Crippen molar-refractivity contribution in [2.45, 2.75) is 252 Å². The van der Waals surface area contributed by atoms with Crippen LogP contribution in [-0.2, 0) is 44.8 Å². The van der Waals surface area contributed by atoms with Crippen LogP contribution in [0, 0.1) is 98.7 Å². The van der Waals surface area contributed by atoms with E-state index in [4.69, 9.17) is 0 Å². The van der Waals surface area contributed by atoms with Crippen LogP contribution >= 0.6 is 0 Å². The Labute approximate surface area is 839 Å². The third-order valence-electron chi connectivity index (χ3n) is 25.8. The topological polar surface area (TPSA) is 330 Å². The molecule has 0 unspecified atom stereocenters. The fraction of sp³-hybridized carbons (Fsp3) is 0.364. The summed E-state index contributed by atoms with van der Waals surface area (Å²) in [5.41, 5.74) is 21.5. The second-order valence-electron chi connectivity index (χ2n) is 39.7. The molecule has 7 heterocycles. The minimum atomic E-state index is -1.10. The molecular weight excluding hydrogens is 1800 g/mol. The second-order valence-corrected chi connectivity index (χ2v) is 39.7. The maximum absolute atomic E-state index is 14.3. The van der Waals surface area contributed by atoms with Gasteiger partial charge in [0, 0.05) is 122 Å². The molecule has 0 spiro atoms. The van der Waals surface area contributed by atoms with Crippen molar-refractivity contribution in [2.75, 3.05) is 6.54 Å². The monoisotopic (exact) mass is 1940 g/mol. The molecule has 1 aliphatic heterocycles. The molecule has 25 heteroatoms. The van der Waals surface area contributed by atoms with Crippen LogP contribution in [0.2, 0.25) is 0 Å². The Bertz CT molecular complexity index is 6520.